The first-order valence-corrected chi connectivity index (χ1v) is 7.73. The summed E-state index contributed by atoms with van der Waals surface area (Å²) < 4.78 is 0. The minimum atomic E-state index is 0.923. The number of aromatic nitrogens is 2. The van der Waals surface area contributed by atoms with Crippen molar-refractivity contribution in [1.29, 1.82) is 0 Å². The van der Waals surface area contributed by atoms with Crippen LogP contribution in [0.1, 0.15) is 11.3 Å². The first-order valence-electron chi connectivity index (χ1n) is 6.85. The maximum atomic E-state index is 4.73. The molecule has 0 aliphatic rings. The van der Waals surface area contributed by atoms with Crippen LogP contribution < -0.4 is 5.32 Å². The molecule has 0 saturated heterocycles. The van der Waals surface area contributed by atoms with Gasteiger partial charge in [0.1, 0.15) is 0 Å². The average Bonchev–Trinajstić information content (AvgIpc) is 2.96. The van der Waals surface area contributed by atoms with Gasteiger partial charge >= 0.3 is 0 Å². The summed E-state index contributed by atoms with van der Waals surface area (Å²) in [4.78, 5) is 9.27. The van der Waals surface area contributed by atoms with E-state index >= 15 is 0 Å². The summed E-state index contributed by atoms with van der Waals surface area (Å²) in [6.07, 6.45) is 0. The molecule has 0 atom stereocenters. The van der Waals surface area contributed by atoms with Crippen molar-refractivity contribution in [2.24, 2.45) is 0 Å². The van der Waals surface area contributed by atoms with Gasteiger partial charge in [-0.05, 0) is 26.0 Å². The Morgan fingerprint density at radius 2 is 1.67 bits per heavy atom. The highest BCUT2D eigenvalue weighted by Gasteiger charge is 2.09. The van der Waals surface area contributed by atoms with Crippen molar-refractivity contribution in [3.8, 4) is 22.5 Å². The summed E-state index contributed by atoms with van der Waals surface area (Å²) in [6, 6.07) is 12.6. The molecule has 1 aromatic carbocycles. The van der Waals surface area contributed by atoms with Crippen LogP contribution >= 0.6 is 11.3 Å². The third kappa shape index (κ3) is 2.81. The van der Waals surface area contributed by atoms with E-state index in [-0.39, 0.29) is 0 Å². The summed E-state index contributed by atoms with van der Waals surface area (Å²) >= 11 is 1.61. The van der Waals surface area contributed by atoms with Gasteiger partial charge in [-0.25, -0.2) is 4.98 Å². The van der Waals surface area contributed by atoms with E-state index in [1.807, 2.05) is 14.0 Å². The summed E-state index contributed by atoms with van der Waals surface area (Å²) in [7, 11) is 1.88. The predicted molar refractivity (Wildman–Crippen MR) is 89.8 cm³/mol. The molecule has 2 aromatic heterocycles. The standard InChI is InChI=1S/C17H17N3S/c1-11-4-6-13(7-5-11)15-9-8-14(12(2)19-15)16-10-21-17(18-3)20-16/h4-10H,1-3H3,(H,18,20). The third-order valence-corrected chi connectivity index (χ3v) is 4.29. The number of thiazole rings is 1. The normalized spacial score (nSPS) is 10.6. The van der Waals surface area contributed by atoms with E-state index < -0.39 is 0 Å². The molecule has 3 rings (SSSR count). The Labute approximate surface area is 128 Å². The molecule has 21 heavy (non-hydrogen) atoms. The second kappa shape index (κ2) is 5.66. The van der Waals surface area contributed by atoms with Crippen LogP contribution in [0.4, 0.5) is 5.13 Å². The maximum absolute atomic E-state index is 4.73. The first kappa shape index (κ1) is 13.8. The molecule has 0 fully saturated rings. The zero-order valence-electron chi connectivity index (χ0n) is 12.3. The number of hydrogen-bond acceptors (Lipinski definition) is 4. The zero-order valence-corrected chi connectivity index (χ0v) is 13.2. The molecule has 4 heteroatoms. The quantitative estimate of drug-likeness (QED) is 0.771. The molecule has 3 aromatic rings. The van der Waals surface area contributed by atoms with E-state index in [0.29, 0.717) is 0 Å². The van der Waals surface area contributed by atoms with Crippen molar-refractivity contribution in [1.82, 2.24) is 9.97 Å². The van der Waals surface area contributed by atoms with E-state index in [9.17, 15) is 0 Å². The molecule has 0 amide bonds. The summed E-state index contributed by atoms with van der Waals surface area (Å²) in [5.41, 5.74) is 6.47. The van der Waals surface area contributed by atoms with Gasteiger partial charge in [-0.1, -0.05) is 29.8 Å². The van der Waals surface area contributed by atoms with E-state index in [2.05, 4.69) is 59.0 Å². The fraction of sp³-hybridized carbons (Fsp3) is 0.176. The number of rotatable bonds is 3. The molecule has 0 spiro atoms. The molecule has 3 nitrogen and oxygen atoms in total. The molecule has 0 bridgehead atoms. The van der Waals surface area contributed by atoms with Gasteiger partial charge in [0.15, 0.2) is 5.13 Å². The molecule has 0 radical (unpaired) electrons. The second-order valence-corrected chi connectivity index (χ2v) is 5.84. The number of anilines is 1. The molecule has 0 aliphatic heterocycles. The smallest absolute Gasteiger partial charge is 0.182 e. The lowest BCUT2D eigenvalue weighted by atomic mass is 10.1. The van der Waals surface area contributed by atoms with Crippen LogP contribution in [0.5, 0.6) is 0 Å². The predicted octanol–water partition coefficient (Wildman–Crippen LogP) is 4.53. The van der Waals surface area contributed by atoms with Crippen molar-refractivity contribution < 1.29 is 0 Å². The van der Waals surface area contributed by atoms with E-state index in [1.165, 1.54) is 5.56 Å². The Bertz CT molecular complexity index is 760. The molecular formula is C17H17N3S. The van der Waals surface area contributed by atoms with Crippen LogP contribution in [-0.4, -0.2) is 17.0 Å². The summed E-state index contributed by atoms with van der Waals surface area (Å²) in [5, 5.41) is 6.05. The lowest BCUT2D eigenvalue weighted by molar-refractivity contribution is 1.19. The highest BCUT2D eigenvalue weighted by atomic mass is 32.1. The molecule has 0 aliphatic carbocycles. The van der Waals surface area contributed by atoms with Crippen molar-refractivity contribution in [2.75, 3.05) is 12.4 Å². The highest BCUT2D eigenvalue weighted by molar-refractivity contribution is 7.14. The Morgan fingerprint density at radius 1 is 0.905 bits per heavy atom. The SMILES string of the molecule is CNc1nc(-c2ccc(-c3ccc(C)cc3)nc2C)cs1. The van der Waals surface area contributed by atoms with Crippen LogP contribution in [-0.2, 0) is 0 Å². The minimum absolute atomic E-state index is 0.923. The molecule has 0 saturated carbocycles. The fourth-order valence-electron chi connectivity index (χ4n) is 2.23. The topological polar surface area (TPSA) is 37.8 Å². The summed E-state index contributed by atoms with van der Waals surface area (Å²) in [5.74, 6) is 0. The Hall–Kier alpha value is -2.20. The fourth-order valence-corrected chi connectivity index (χ4v) is 2.90. The van der Waals surface area contributed by atoms with E-state index in [0.717, 1.165) is 33.3 Å². The van der Waals surface area contributed by atoms with Gasteiger partial charge in [0.25, 0.3) is 0 Å². The lowest BCUT2D eigenvalue weighted by Gasteiger charge is -2.06. The van der Waals surface area contributed by atoms with E-state index in [4.69, 9.17) is 4.98 Å². The van der Waals surface area contributed by atoms with Crippen molar-refractivity contribution in [3.05, 3.63) is 53.0 Å². The Balaban J connectivity index is 1.97. The number of benzene rings is 1. The number of pyridine rings is 1. The van der Waals surface area contributed by atoms with Crippen LogP contribution in [0.2, 0.25) is 0 Å². The summed E-state index contributed by atoms with van der Waals surface area (Å²) in [6.45, 7) is 4.12. The van der Waals surface area contributed by atoms with Crippen LogP contribution in [0, 0.1) is 13.8 Å². The number of aryl methyl sites for hydroxylation is 2. The van der Waals surface area contributed by atoms with Crippen molar-refractivity contribution in [3.63, 3.8) is 0 Å². The lowest BCUT2D eigenvalue weighted by Crippen LogP contribution is -1.92. The highest BCUT2D eigenvalue weighted by Crippen LogP contribution is 2.28. The van der Waals surface area contributed by atoms with Gasteiger partial charge in [0.05, 0.1) is 11.4 Å². The molecule has 0 unspecified atom stereocenters. The molecular weight excluding hydrogens is 278 g/mol. The van der Waals surface area contributed by atoms with Gasteiger partial charge in [0.2, 0.25) is 0 Å². The monoisotopic (exact) mass is 295 g/mol. The largest absolute Gasteiger partial charge is 0.365 e. The number of nitrogens with zero attached hydrogens (tertiary/aromatic N) is 2. The van der Waals surface area contributed by atoms with E-state index in [1.54, 1.807) is 11.3 Å². The average molecular weight is 295 g/mol. The minimum Gasteiger partial charge on any atom is -0.365 e. The number of hydrogen-bond donors (Lipinski definition) is 1. The van der Waals surface area contributed by atoms with Gasteiger partial charge in [-0.3, -0.25) is 4.98 Å². The zero-order chi connectivity index (χ0) is 14.8. The van der Waals surface area contributed by atoms with Gasteiger partial charge in [-0.15, -0.1) is 11.3 Å². The van der Waals surface area contributed by atoms with Gasteiger partial charge in [-0.2, -0.15) is 0 Å². The Morgan fingerprint density at radius 3 is 2.29 bits per heavy atom. The Kier molecular flexibility index (Phi) is 3.71. The van der Waals surface area contributed by atoms with Crippen molar-refractivity contribution >= 4 is 16.5 Å². The molecule has 106 valence electrons. The van der Waals surface area contributed by atoms with Crippen LogP contribution in [0.3, 0.4) is 0 Å². The first-order chi connectivity index (χ1) is 10.2. The third-order valence-electron chi connectivity index (χ3n) is 3.43. The molecule has 1 N–H and O–H groups in total. The number of nitrogens with one attached hydrogen (secondary N) is 1. The van der Waals surface area contributed by atoms with Gasteiger partial charge < -0.3 is 5.32 Å². The van der Waals surface area contributed by atoms with Crippen LogP contribution in [0.25, 0.3) is 22.5 Å². The van der Waals surface area contributed by atoms with Crippen LogP contribution in [0.15, 0.2) is 41.8 Å². The molecule has 2 heterocycles. The van der Waals surface area contributed by atoms with Crippen molar-refractivity contribution in [2.45, 2.75) is 13.8 Å². The maximum Gasteiger partial charge on any atom is 0.182 e. The van der Waals surface area contributed by atoms with Gasteiger partial charge in [0, 0.05) is 29.2 Å². The second-order valence-electron chi connectivity index (χ2n) is 4.98.